The number of aromatic nitrogens is 2. The zero-order valence-electron chi connectivity index (χ0n) is 11.7. The Morgan fingerprint density at radius 3 is 3.06 bits per heavy atom. The molecule has 0 radical (unpaired) electrons. The van der Waals surface area contributed by atoms with E-state index in [1.54, 1.807) is 0 Å². The third-order valence-corrected chi connectivity index (χ3v) is 3.41. The maximum Gasteiger partial charge on any atom is 0.109 e. The Morgan fingerprint density at radius 1 is 1.39 bits per heavy atom. The van der Waals surface area contributed by atoms with Gasteiger partial charge in [0.2, 0.25) is 0 Å². The van der Waals surface area contributed by atoms with Gasteiger partial charge >= 0.3 is 0 Å². The highest BCUT2D eigenvalue weighted by atomic mass is 16.5. The fraction of sp³-hybridized carbons (Fsp3) is 0.786. The van der Waals surface area contributed by atoms with Crippen molar-refractivity contribution in [1.29, 1.82) is 0 Å². The van der Waals surface area contributed by atoms with Crippen molar-refractivity contribution in [2.75, 3.05) is 19.8 Å². The smallest absolute Gasteiger partial charge is 0.109 e. The van der Waals surface area contributed by atoms with Crippen LogP contribution in [-0.4, -0.2) is 29.3 Å². The molecule has 0 saturated carbocycles. The minimum atomic E-state index is 0.813. The lowest BCUT2D eigenvalue weighted by molar-refractivity contribution is 0.141. The first-order valence-corrected chi connectivity index (χ1v) is 7.22. The van der Waals surface area contributed by atoms with Crippen LogP contribution in [0.4, 0.5) is 0 Å². The van der Waals surface area contributed by atoms with Gasteiger partial charge in [0.05, 0.1) is 5.69 Å². The molecule has 0 bridgehead atoms. The highest BCUT2D eigenvalue weighted by molar-refractivity contribution is 5.20. The molecule has 102 valence electrons. The van der Waals surface area contributed by atoms with Crippen molar-refractivity contribution in [3.05, 3.63) is 17.2 Å². The molecule has 2 rings (SSSR count). The number of ether oxygens (including phenoxy) is 1. The van der Waals surface area contributed by atoms with Gasteiger partial charge in [-0.25, -0.2) is 4.98 Å². The summed E-state index contributed by atoms with van der Waals surface area (Å²) in [4.78, 5) is 4.80. The molecule has 1 aliphatic heterocycles. The molecule has 0 saturated heterocycles. The Bertz CT molecular complexity index is 373. The molecule has 0 amide bonds. The molecule has 2 heterocycles. The summed E-state index contributed by atoms with van der Waals surface area (Å²) in [6.45, 7) is 9.00. The second-order valence-electron chi connectivity index (χ2n) is 4.80. The monoisotopic (exact) mass is 251 g/mol. The Balaban J connectivity index is 2.06. The first kappa shape index (κ1) is 13.6. The van der Waals surface area contributed by atoms with Crippen LogP contribution in [0.15, 0.2) is 0 Å². The van der Waals surface area contributed by atoms with Crippen LogP contribution in [-0.2, 0) is 30.7 Å². The normalized spacial score (nSPS) is 14.8. The Morgan fingerprint density at radius 2 is 2.28 bits per heavy atom. The van der Waals surface area contributed by atoms with Crippen LogP contribution in [0.3, 0.4) is 0 Å². The maximum absolute atomic E-state index is 5.43. The summed E-state index contributed by atoms with van der Waals surface area (Å²) in [7, 11) is 0. The zero-order chi connectivity index (χ0) is 12.8. The van der Waals surface area contributed by atoms with E-state index in [1.807, 2.05) is 6.92 Å². The molecule has 4 heteroatoms. The Labute approximate surface area is 110 Å². The van der Waals surface area contributed by atoms with E-state index in [2.05, 4.69) is 16.8 Å². The van der Waals surface area contributed by atoms with Gasteiger partial charge in [-0.15, -0.1) is 0 Å². The molecule has 0 unspecified atom stereocenters. The van der Waals surface area contributed by atoms with Crippen LogP contribution in [0, 0.1) is 0 Å². The van der Waals surface area contributed by atoms with Gasteiger partial charge in [-0.2, -0.15) is 0 Å². The lowest BCUT2D eigenvalue weighted by Crippen LogP contribution is -2.25. The molecule has 0 aliphatic carbocycles. The quantitative estimate of drug-likeness (QED) is 0.752. The fourth-order valence-corrected chi connectivity index (χ4v) is 2.57. The predicted octanol–water partition coefficient (Wildman–Crippen LogP) is 1.91. The lowest BCUT2D eigenvalue weighted by atomic mass is 10.2. The van der Waals surface area contributed by atoms with E-state index < -0.39 is 0 Å². The minimum Gasteiger partial charge on any atom is -0.382 e. The van der Waals surface area contributed by atoms with E-state index in [1.165, 1.54) is 17.2 Å². The fourth-order valence-electron chi connectivity index (χ4n) is 2.57. The third-order valence-electron chi connectivity index (χ3n) is 3.41. The van der Waals surface area contributed by atoms with Gasteiger partial charge < -0.3 is 14.6 Å². The van der Waals surface area contributed by atoms with E-state index in [0.29, 0.717) is 0 Å². The van der Waals surface area contributed by atoms with Crippen LogP contribution in [0.5, 0.6) is 0 Å². The SMILES string of the molecule is CCCc1nc2c(n1CCCOCC)CCNC2. The number of rotatable bonds is 7. The van der Waals surface area contributed by atoms with Crippen LogP contribution in [0.2, 0.25) is 0 Å². The molecule has 1 aromatic rings. The average Bonchev–Trinajstić information content (AvgIpc) is 2.73. The molecule has 0 aromatic carbocycles. The highest BCUT2D eigenvalue weighted by Gasteiger charge is 2.18. The summed E-state index contributed by atoms with van der Waals surface area (Å²) in [6.07, 6.45) is 4.44. The molecule has 0 spiro atoms. The molecule has 0 fully saturated rings. The van der Waals surface area contributed by atoms with Crippen LogP contribution in [0.25, 0.3) is 0 Å². The number of hydrogen-bond donors (Lipinski definition) is 1. The van der Waals surface area contributed by atoms with E-state index in [9.17, 15) is 0 Å². The summed E-state index contributed by atoms with van der Waals surface area (Å²) >= 11 is 0. The molecule has 4 nitrogen and oxygen atoms in total. The van der Waals surface area contributed by atoms with Crippen molar-refractivity contribution in [3.8, 4) is 0 Å². The Hall–Kier alpha value is -0.870. The number of nitrogens with zero attached hydrogens (tertiary/aromatic N) is 2. The number of imidazole rings is 1. The van der Waals surface area contributed by atoms with Gasteiger partial charge in [0.1, 0.15) is 5.82 Å². The van der Waals surface area contributed by atoms with Crippen molar-refractivity contribution in [2.24, 2.45) is 0 Å². The average molecular weight is 251 g/mol. The van der Waals surface area contributed by atoms with E-state index in [0.717, 1.165) is 58.5 Å². The van der Waals surface area contributed by atoms with Crippen molar-refractivity contribution in [3.63, 3.8) is 0 Å². The van der Waals surface area contributed by atoms with Crippen LogP contribution in [0.1, 0.15) is 43.9 Å². The third kappa shape index (κ3) is 3.12. The van der Waals surface area contributed by atoms with Crippen LogP contribution < -0.4 is 5.32 Å². The highest BCUT2D eigenvalue weighted by Crippen LogP contribution is 2.17. The van der Waals surface area contributed by atoms with Crippen LogP contribution >= 0.6 is 0 Å². The van der Waals surface area contributed by atoms with Gasteiger partial charge in [0.25, 0.3) is 0 Å². The number of hydrogen-bond acceptors (Lipinski definition) is 3. The van der Waals surface area contributed by atoms with E-state index in [4.69, 9.17) is 9.72 Å². The molecular formula is C14H25N3O. The molecule has 18 heavy (non-hydrogen) atoms. The lowest BCUT2D eigenvalue weighted by Gasteiger charge is -2.16. The van der Waals surface area contributed by atoms with Gasteiger partial charge in [-0.05, 0) is 19.8 Å². The summed E-state index contributed by atoms with van der Waals surface area (Å²) in [5.41, 5.74) is 2.72. The standard InChI is InChI=1S/C14H25N3O/c1-3-6-14-16-12-11-15-8-7-13(12)17(14)9-5-10-18-4-2/h15H,3-11H2,1-2H3. The zero-order valence-corrected chi connectivity index (χ0v) is 11.7. The number of nitrogens with one attached hydrogen (secondary N) is 1. The molecule has 1 aliphatic rings. The largest absolute Gasteiger partial charge is 0.382 e. The Kier molecular flexibility index (Phi) is 5.20. The van der Waals surface area contributed by atoms with Gasteiger partial charge in [-0.1, -0.05) is 6.92 Å². The first-order valence-electron chi connectivity index (χ1n) is 7.22. The van der Waals surface area contributed by atoms with Gasteiger partial charge in [0.15, 0.2) is 0 Å². The maximum atomic E-state index is 5.43. The number of aryl methyl sites for hydroxylation is 1. The molecule has 0 atom stereocenters. The summed E-state index contributed by atoms with van der Waals surface area (Å²) in [5, 5.41) is 3.40. The van der Waals surface area contributed by atoms with Crippen molar-refractivity contribution >= 4 is 0 Å². The molecule has 1 aromatic heterocycles. The van der Waals surface area contributed by atoms with Crippen molar-refractivity contribution < 1.29 is 4.74 Å². The summed E-state index contributed by atoms with van der Waals surface area (Å²) in [5.74, 6) is 1.27. The van der Waals surface area contributed by atoms with Crippen molar-refractivity contribution in [1.82, 2.24) is 14.9 Å². The van der Waals surface area contributed by atoms with Crippen molar-refractivity contribution in [2.45, 2.75) is 52.6 Å². The first-order chi connectivity index (χ1) is 8.86. The second kappa shape index (κ2) is 6.90. The summed E-state index contributed by atoms with van der Waals surface area (Å²) < 4.78 is 7.87. The second-order valence-corrected chi connectivity index (χ2v) is 4.80. The minimum absolute atomic E-state index is 0.813. The van der Waals surface area contributed by atoms with E-state index in [-0.39, 0.29) is 0 Å². The summed E-state index contributed by atoms with van der Waals surface area (Å²) in [6, 6.07) is 0. The topological polar surface area (TPSA) is 39.1 Å². The predicted molar refractivity (Wildman–Crippen MR) is 72.7 cm³/mol. The molecular weight excluding hydrogens is 226 g/mol. The van der Waals surface area contributed by atoms with Gasteiger partial charge in [0, 0.05) is 51.4 Å². The molecule has 1 N–H and O–H groups in total. The van der Waals surface area contributed by atoms with Gasteiger partial charge in [-0.3, -0.25) is 0 Å². The van der Waals surface area contributed by atoms with E-state index >= 15 is 0 Å². The number of fused-ring (bicyclic) bond motifs is 1.